The maximum absolute atomic E-state index is 11.7. The van der Waals surface area contributed by atoms with Crippen LogP contribution in [-0.4, -0.2) is 37.9 Å². The molecule has 5 nitrogen and oxygen atoms in total. The number of carbonyl (C=O) groups excluding carboxylic acids is 1. The van der Waals surface area contributed by atoms with Crippen LogP contribution in [0.15, 0.2) is 18.2 Å². The number of aryl methyl sites for hydroxylation is 1. The number of hydrogen-bond acceptors (Lipinski definition) is 4. The van der Waals surface area contributed by atoms with Gasteiger partial charge in [0.2, 0.25) is 0 Å². The molecule has 1 aliphatic rings. The molecule has 0 spiro atoms. The molecule has 1 fully saturated rings. The van der Waals surface area contributed by atoms with Crippen molar-refractivity contribution in [2.45, 2.75) is 19.8 Å². The van der Waals surface area contributed by atoms with Crippen LogP contribution in [0, 0.1) is 12.3 Å². The van der Waals surface area contributed by atoms with Crippen molar-refractivity contribution in [2.24, 2.45) is 5.41 Å². The number of hydrogen-bond donors (Lipinski definition) is 2. The molecule has 2 rings (SSSR count). The van der Waals surface area contributed by atoms with Gasteiger partial charge < -0.3 is 19.9 Å². The number of benzene rings is 1. The van der Waals surface area contributed by atoms with E-state index >= 15 is 0 Å². The third-order valence-corrected chi connectivity index (χ3v) is 3.63. The minimum atomic E-state index is -0.188. The third-order valence-electron chi connectivity index (χ3n) is 3.63. The van der Waals surface area contributed by atoms with E-state index in [1.54, 1.807) is 13.2 Å². The quantitative estimate of drug-likeness (QED) is 0.789. The maximum Gasteiger partial charge on any atom is 0.257 e. The van der Waals surface area contributed by atoms with Crippen molar-refractivity contribution in [2.75, 3.05) is 26.9 Å². The normalized spacial score (nSPS) is 15.6. The van der Waals surface area contributed by atoms with Crippen molar-refractivity contribution in [1.29, 1.82) is 0 Å². The Labute approximate surface area is 118 Å². The van der Waals surface area contributed by atoms with Crippen molar-refractivity contribution in [3.63, 3.8) is 0 Å². The molecule has 5 heteroatoms. The Balaban J connectivity index is 1.81. The predicted octanol–water partition coefficient (Wildman–Crippen LogP) is 1.27. The van der Waals surface area contributed by atoms with Crippen molar-refractivity contribution < 1.29 is 19.4 Å². The summed E-state index contributed by atoms with van der Waals surface area (Å²) in [6.07, 6.45) is 1.94. The van der Waals surface area contributed by atoms with Gasteiger partial charge in [-0.15, -0.1) is 0 Å². The van der Waals surface area contributed by atoms with Gasteiger partial charge in [0, 0.05) is 12.0 Å². The highest BCUT2D eigenvalue weighted by molar-refractivity contribution is 5.77. The van der Waals surface area contributed by atoms with Crippen LogP contribution in [0.2, 0.25) is 0 Å². The molecule has 0 saturated heterocycles. The maximum atomic E-state index is 11.7. The van der Waals surface area contributed by atoms with E-state index < -0.39 is 0 Å². The van der Waals surface area contributed by atoms with Crippen LogP contribution in [0.1, 0.15) is 18.4 Å². The summed E-state index contributed by atoms with van der Waals surface area (Å²) in [5, 5.41) is 12.0. The minimum absolute atomic E-state index is 0.0546. The Hall–Kier alpha value is -1.75. The molecule has 1 amide bonds. The van der Waals surface area contributed by atoms with Crippen LogP contribution in [0.3, 0.4) is 0 Å². The van der Waals surface area contributed by atoms with Crippen LogP contribution in [-0.2, 0) is 4.79 Å². The first-order valence-corrected chi connectivity index (χ1v) is 6.73. The molecular formula is C15H21NO4. The van der Waals surface area contributed by atoms with E-state index in [1.807, 2.05) is 19.1 Å². The Kier molecular flexibility index (Phi) is 4.49. The molecule has 0 aliphatic heterocycles. The lowest BCUT2D eigenvalue weighted by Gasteiger charge is -2.14. The highest BCUT2D eigenvalue weighted by Crippen LogP contribution is 2.44. The number of aliphatic hydroxyl groups excluding tert-OH is 1. The van der Waals surface area contributed by atoms with E-state index in [-0.39, 0.29) is 24.5 Å². The zero-order valence-corrected chi connectivity index (χ0v) is 11.9. The molecule has 0 unspecified atom stereocenters. The lowest BCUT2D eigenvalue weighted by atomic mass is 10.1. The average molecular weight is 279 g/mol. The first-order chi connectivity index (χ1) is 9.58. The number of amides is 1. The second kappa shape index (κ2) is 6.13. The Morgan fingerprint density at radius 3 is 2.75 bits per heavy atom. The number of carbonyl (C=O) groups is 1. The van der Waals surface area contributed by atoms with Crippen LogP contribution >= 0.6 is 0 Å². The van der Waals surface area contributed by atoms with Crippen molar-refractivity contribution in [3.8, 4) is 11.5 Å². The van der Waals surface area contributed by atoms with Crippen molar-refractivity contribution in [1.82, 2.24) is 5.32 Å². The van der Waals surface area contributed by atoms with Crippen LogP contribution in [0.25, 0.3) is 0 Å². The number of methoxy groups -OCH3 is 1. The Morgan fingerprint density at radius 2 is 2.15 bits per heavy atom. The topological polar surface area (TPSA) is 67.8 Å². The summed E-state index contributed by atoms with van der Waals surface area (Å²) in [5.41, 5.74) is 0.981. The molecule has 1 saturated carbocycles. The Bertz CT molecular complexity index is 483. The number of ether oxygens (including phenoxy) is 2. The first-order valence-electron chi connectivity index (χ1n) is 6.73. The highest BCUT2D eigenvalue weighted by Gasteiger charge is 2.42. The van der Waals surface area contributed by atoms with Gasteiger partial charge in [0.25, 0.3) is 5.91 Å². The van der Waals surface area contributed by atoms with E-state index in [1.165, 1.54) is 0 Å². The molecule has 2 N–H and O–H groups in total. The van der Waals surface area contributed by atoms with E-state index in [2.05, 4.69) is 5.32 Å². The average Bonchev–Trinajstić information content (AvgIpc) is 3.24. The third kappa shape index (κ3) is 3.63. The molecule has 0 atom stereocenters. The first kappa shape index (κ1) is 14.7. The minimum Gasteiger partial charge on any atom is -0.493 e. The van der Waals surface area contributed by atoms with Gasteiger partial charge in [0.05, 0.1) is 13.7 Å². The fourth-order valence-electron chi connectivity index (χ4n) is 1.94. The summed E-state index contributed by atoms with van der Waals surface area (Å²) >= 11 is 0. The zero-order valence-electron chi connectivity index (χ0n) is 11.9. The molecule has 20 heavy (non-hydrogen) atoms. The number of aliphatic hydroxyl groups is 1. The highest BCUT2D eigenvalue weighted by atomic mass is 16.5. The van der Waals surface area contributed by atoms with Crippen molar-refractivity contribution in [3.05, 3.63) is 23.8 Å². The second-order valence-corrected chi connectivity index (χ2v) is 5.38. The molecule has 1 aromatic rings. The van der Waals surface area contributed by atoms with E-state index in [0.717, 1.165) is 18.4 Å². The van der Waals surface area contributed by atoms with Gasteiger partial charge in [0.15, 0.2) is 18.1 Å². The lowest BCUT2D eigenvalue weighted by Crippen LogP contribution is -2.35. The van der Waals surface area contributed by atoms with Gasteiger partial charge >= 0.3 is 0 Å². The summed E-state index contributed by atoms with van der Waals surface area (Å²) in [4.78, 5) is 11.7. The zero-order chi connectivity index (χ0) is 14.6. The van der Waals surface area contributed by atoms with Crippen molar-refractivity contribution >= 4 is 5.91 Å². The smallest absolute Gasteiger partial charge is 0.257 e. The second-order valence-electron chi connectivity index (χ2n) is 5.38. The van der Waals surface area contributed by atoms with Gasteiger partial charge in [-0.2, -0.15) is 0 Å². The largest absolute Gasteiger partial charge is 0.493 e. The lowest BCUT2D eigenvalue weighted by molar-refractivity contribution is -0.123. The van der Waals surface area contributed by atoms with Gasteiger partial charge in [-0.3, -0.25) is 4.79 Å². The fourth-order valence-corrected chi connectivity index (χ4v) is 1.94. The molecule has 0 heterocycles. The fraction of sp³-hybridized carbons (Fsp3) is 0.533. The SMILES string of the molecule is COc1cc(C)ccc1OCC(=O)NCC1(CO)CC1. The molecule has 110 valence electrons. The summed E-state index contributed by atoms with van der Waals surface area (Å²) in [7, 11) is 1.57. The standard InChI is InChI=1S/C15H21NO4/c1-11-3-4-12(13(7-11)19-2)20-8-14(18)16-9-15(10-17)5-6-15/h3-4,7,17H,5-6,8-10H2,1-2H3,(H,16,18). The van der Waals surface area contributed by atoms with Gasteiger partial charge in [0.1, 0.15) is 0 Å². The molecular weight excluding hydrogens is 258 g/mol. The van der Waals surface area contributed by atoms with Gasteiger partial charge in [-0.1, -0.05) is 6.07 Å². The van der Waals surface area contributed by atoms with E-state index in [0.29, 0.717) is 18.0 Å². The predicted molar refractivity (Wildman–Crippen MR) is 75.0 cm³/mol. The van der Waals surface area contributed by atoms with E-state index in [4.69, 9.17) is 9.47 Å². The van der Waals surface area contributed by atoms with Crippen LogP contribution < -0.4 is 14.8 Å². The Morgan fingerprint density at radius 1 is 1.40 bits per heavy atom. The van der Waals surface area contributed by atoms with Gasteiger partial charge in [-0.25, -0.2) is 0 Å². The summed E-state index contributed by atoms with van der Waals surface area (Å²) in [6, 6.07) is 5.55. The summed E-state index contributed by atoms with van der Waals surface area (Å²) < 4.78 is 10.7. The van der Waals surface area contributed by atoms with Crippen LogP contribution in [0.4, 0.5) is 0 Å². The molecule has 0 aromatic heterocycles. The molecule has 0 radical (unpaired) electrons. The number of rotatable bonds is 7. The van der Waals surface area contributed by atoms with Gasteiger partial charge in [-0.05, 0) is 37.5 Å². The molecule has 0 bridgehead atoms. The molecule has 1 aliphatic carbocycles. The number of nitrogens with one attached hydrogen (secondary N) is 1. The monoisotopic (exact) mass is 279 g/mol. The molecule has 1 aromatic carbocycles. The van der Waals surface area contributed by atoms with E-state index in [9.17, 15) is 9.90 Å². The van der Waals surface area contributed by atoms with Crippen LogP contribution in [0.5, 0.6) is 11.5 Å². The summed E-state index contributed by atoms with van der Waals surface area (Å²) in [5.74, 6) is 0.982. The summed E-state index contributed by atoms with van der Waals surface area (Å²) in [6.45, 7) is 2.54.